The highest BCUT2D eigenvalue weighted by Crippen LogP contribution is 2.31. The van der Waals surface area contributed by atoms with Gasteiger partial charge in [0.05, 0.1) is 20.6 Å². The lowest BCUT2D eigenvalue weighted by Crippen LogP contribution is -3.05. The van der Waals surface area contributed by atoms with Crippen LogP contribution in [0.1, 0.15) is 64.2 Å². The third-order valence-electron chi connectivity index (χ3n) is 10.5. The number of halogens is 20. The van der Waals surface area contributed by atoms with Crippen LogP contribution in [0, 0.1) is 122 Å². The monoisotopic (exact) mass is 891 g/mol. The van der Waals surface area contributed by atoms with Gasteiger partial charge in [-0.2, -0.15) is 0 Å². The van der Waals surface area contributed by atoms with Crippen molar-refractivity contribution in [3.63, 3.8) is 0 Å². The Balaban J connectivity index is 0.000000445. The van der Waals surface area contributed by atoms with E-state index in [0.29, 0.717) is 0 Å². The van der Waals surface area contributed by atoms with Gasteiger partial charge in [-0.05, 0) is 18.8 Å². The van der Waals surface area contributed by atoms with Gasteiger partial charge in [-0.25, -0.2) is 87.8 Å². The summed E-state index contributed by atoms with van der Waals surface area (Å²) in [6, 6.07) is 0. The molecule has 1 nitrogen and oxygen atoms in total. The minimum Gasteiger partial charge on any atom is -0.340 e. The number of rotatable bonds is 11. The molecule has 0 saturated heterocycles. The van der Waals surface area contributed by atoms with Gasteiger partial charge in [-0.1, -0.05) is 51.4 Å². The van der Waals surface area contributed by atoms with Crippen LogP contribution in [0.15, 0.2) is 0 Å². The van der Waals surface area contributed by atoms with Crippen molar-refractivity contribution in [2.45, 2.75) is 64.2 Å². The molecule has 0 amide bonds. The molecule has 0 radical (unpaired) electrons. The number of nitrogens with one attached hydrogen (secondary N) is 1. The highest BCUT2D eigenvalue weighted by Gasteiger charge is 2.52. The average molecular weight is 891 g/mol. The predicted octanol–water partition coefficient (Wildman–Crippen LogP) is 8.51. The van der Waals surface area contributed by atoms with Crippen molar-refractivity contribution < 1.29 is 92.7 Å². The second kappa shape index (κ2) is 19.0. The van der Waals surface area contributed by atoms with Crippen molar-refractivity contribution in [3.8, 4) is 0 Å². The molecule has 330 valence electrons. The lowest BCUT2D eigenvalue weighted by molar-refractivity contribution is -0.858. The van der Waals surface area contributed by atoms with Gasteiger partial charge in [-0.15, -0.1) is 21.9 Å². The molecule has 1 N–H and O–H groups in total. The molecular weight excluding hydrogens is 861 g/mol. The second-order valence-electron chi connectivity index (χ2n) is 14.5. The van der Waals surface area contributed by atoms with E-state index in [2.05, 4.69) is 14.1 Å². The van der Waals surface area contributed by atoms with Gasteiger partial charge in [0, 0.05) is 0 Å². The van der Waals surface area contributed by atoms with Gasteiger partial charge in [0.15, 0.2) is 69.8 Å². The summed E-state index contributed by atoms with van der Waals surface area (Å²) in [5.41, 5.74) is -14.3. The number of unbranched alkanes of at least 4 members (excludes halogenated alkanes) is 3. The van der Waals surface area contributed by atoms with Crippen LogP contribution >= 0.6 is 0 Å². The van der Waals surface area contributed by atoms with E-state index in [1.54, 1.807) is 4.90 Å². The fraction of sp³-hybridized carbons (Fsp3) is 0.368. The molecule has 0 aromatic heterocycles. The Hall–Kier alpha value is -4.50. The van der Waals surface area contributed by atoms with E-state index in [1.807, 2.05) is 0 Å². The van der Waals surface area contributed by atoms with Crippen LogP contribution in [-0.2, 0) is 0 Å². The van der Waals surface area contributed by atoms with Gasteiger partial charge in [0.2, 0.25) is 0 Å². The van der Waals surface area contributed by atoms with Crippen molar-refractivity contribution in [2.75, 3.05) is 20.6 Å². The van der Waals surface area contributed by atoms with Crippen LogP contribution in [0.25, 0.3) is 0 Å². The van der Waals surface area contributed by atoms with E-state index in [0.717, 1.165) is 5.92 Å². The Morgan fingerprint density at radius 2 is 0.567 bits per heavy atom. The normalized spacial score (nSPS) is 13.7. The summed E-state index contributed by atoms with van der Waals surface area (Å²) in [7, 11) is 4.50. The molecule has 1 aliphatic carbocycles. The number of quaternary nitrogens is 1. The zero-order valence-corrected chi connectivity index (χ0v) is 31.0. The van der Waals surface area contributed by atoms with Crippen molar-refractivity contribution in [1.29, 1.82) is 0 Å². The summed E-state index contributed by atoms with van der Waals surface area (Å²) in [6.45, 7) is 1.35. The van der Waals surface area contributed by atoms with E-state index in [4.69, 9.17) is 0 Å². The van der Waals surface area contributed by atoms with Crippen LogP contribution < -0.4 is 26.8 Å². The molecule has 1 fully saturated rings. The fourth-order valence-corrected chi connectivity index (χ4v) is 7.62. The lowest BCUT2D eigenvalue weighted by Gasteiger charge is -2.44. The second-order valence-corrected chi connectivity index (χ2v) is 14.5. The van der Waals surface area contributed by atoms with Gasteiger partial charge >= 0.3 is 0 Å². The van der Waals surface area contributed by atoms with E-state index < -0.39 is 144 Å². The highest BCUT2D eigenvalue weighted by atomic mass is 19.2. The third-order valence-corrected chi connectivity index (χ3v) is 10.5. The maximum atomic E-state index is 15.4. The first-order valence-corrected chi connectivity index (χ1v) is 18.0. The van der Waals surface area contributed by atoms with Gasteiger partial charge in [0.25, 0.3) is 0 Å². The maximum Gasteiger partial charge on any atom is 0.200 e. The van der Waals surface area contributed by atoms with Crippen LogP contribution in [0.5, 0.6) is 0 Å². The van der Waals surface area contributed by atoms with Gasteiger partial charge < -0.3 is 4.90 Å². The predicted molar refractivity (Wildman–Crippen MR) is 177 cm³/mol. The minimum absolute atomic E-state index is 1.10. The largest absolute Gasteiger partial charge is 0.340 e. The van der Waals surface area contributed by atoms with Gasteiger partial charge in [0.1, 0.15) is 52.7 Å². The smallest absolute Gasteiger partial charge is 0.200 e. The molecule has 5 rings (SSSR count). The molecule has 0 unspecified atom stereocenters. The van der Waals surface area contributed by atoms with Crippen molar-refractivity contribution in [2.24, 2.45) is 5.92 Å². The Labute approximate surface area is 327 Å². The van der Waals surface area contributed by atoms with E-state index >= 15 is 35.1 Å². The fourth-order valence-electron chi connectivity index (χ4n) is 7.62. The van der Waals surface area contributed by atoms with Crippen molar-refractivity contribution >= 4 is 28.0 Å². The molecule has 0 aliphatic heterocycles. The van der Waals surface area contributed by atoms with Crippen LogP contribution in [0.3, 0.4) is 0 Å². The number of benzene rings is 4. The van der Waals surface area contributed by atoms with Crippen LogP contribution in [0.4, 0.5) is 87.8 Å². The summed E-state index contributed by atoms with van der Waals surface area (Å²) in [6.07, 6.45) is 7.73. The molecule has 4 aromatic rings. The Bertz CT molecular complexity index is 1870. The Morgan fingerprint density at radius 3 is 0.817 bits per heavy atom. The molecule has 22 heteroatoms. The summed E-state index contributed by atoms with van der Waals surface area (Å²) in [4.78, 5) is 1.60. The quantitative estimate of drug-likeness (QED) is 0.0507. The zero-order chi connectivity index (χ0) is 45.3. The zero-order valence-electron chi connectivity index (χ0n) is 31.0. The van der Waals surface area contributed by atoms with E-state index in [9.17, 15) is 52.7 Å². The minimum atomic E-state index is -7.22. The molecule has 1 saturated carbocycles. The van der Waals surface area contributed by atoms with Gasteiger partial charge in [-0.3, -0.25) is 0 Å². The molecule has 4 aromatic carbocycles. The molecule has 1 aliphatic rings. The van der Waals surface area contributed by atoms with E-state index in [1.165, 1.54) is 70.8 Å². The van der Waals surface area contributed by atoms with Crippen LogP contribution in [0.2, 0.25) is 0 Å². The summed E-state index contributed by atoms with van der Waals surface area (Å²) < 4.78 is 294. The lowest BCUT2D eigenvalue weighted by atomic mass is 9.12. The van der Waals surface area contributed by atoms with Crippen molar-refractivity contribution in [3.05, 3.63) is 116 Å². The van der Waals surface area contributed by atoms with E-state index in [-0.39, 0.29) is 0 Å². The third kappa shape index (κ3) is 8.40. The number of hydrogen-bond donors (Lipinski definition) is 1. The molecule has 60 heavy (non-hydrogen) atoms. The first-order valence-electron chi connectivity index (χ1n) is 18.0. The maximum absolute atomic E-state index is 15.4. The SMILES string of the molecule is C[NH+](C)CCCCCCC1CCCCC1.Fc1c(F)c(F)c([B-](c2c(F)c(F)c(F)c(F)c2F)(c2c(F)c(F)c(F)c(F)c2F)c2c(F)c(F)c(F)c(F)c2F)c(F)c1F. The molecule has 0 spiro atoms. The number of hydrogen-bond acceptors (Lipinski definition) is 0. The first kappa shape index (κ1) is 48.2. The highest BCUT2D eigenvalue weighted by molar-refractivity contribution is 7.20. The molecular formula is C38H30BF20N. The van der Waals surface area contributed by atoms with Crippen LogP contribution in [-0.4, -0.2) is 26.8 Å². The molecule has 0 bridgehead atoms. The molecule has 0 atom stereocenters. The Kier molecular flexibility index (Phi) is 15.3. The summed E-state index contributed by atoms with van der Waals surface area (Å²) in [5.74, 6) is -70.3. The van der Waals surface area contributed by atoms with Crippen molar-refractivity contribution in [1.82, 2.24) is 0 Å². The topological polar surface area (TPSA) is 4.44 Å². The standard InChI is InChI=1S/C24BF20.C14H29N/c26-5-1(6(27)14(35)21(42)13(5)34)25(2-7(28)15(36)22(43)16(37)8(2)29,3-9(30)17(38)23(44)18(39)10(3)31)4-11(32)19(40)24(45)20(41)12(4)33;1-15(2)13-9-4-3-6-10-14-11-7-5-8-12-14/h;14H,3-13H2,1-2H3/q-1;/p+1. The summed E-state index contributed by atoms with van der Waals surface area (Å²) in [5, 5.41) is 0. The summed E-state index contributed by atoms with van der Waals surface area (Å²) >= 11 is 0. The molecule has 0 heterocycles. The average Bonchev–Trinajstić information content (AvgIpc) is 3.22. The Morgan fingerprint density at radius 1 is 0.333 bits per heavy atom. The first-order chi connectivity index (χ1) is 28.0.